The van der Waals surface area contributed by atoms with E-state index in [0.717, 1.165) is 38.5 Å². The summed E-state index contributed by atoms with van der Waals surface area (Å²) >= 11 is 0. The minimum atomic E-state index is -0.217. The van der Waals surface area contributed by atoms with Crippen molar-refractivity contribution in [1.29, 1.82) is 0 Å². The number of rotatable bonds is 4. The molecule has 1 fully saturated rings. The minimum Gasteiger partial charge on any atom is -0.207 e. The van der Waals surface area contributed by atoms with E-state index in [0.29, 0.717) is 17.5 Å². The van der Waals surface area contributed by atoms with Gasteiger partial charge in [-0.2, -0.15) is 0 Å². The maximum Gasteiger partial charge on any atom is 0.127 e. The first-order valence-corrected chi connectivity index (χ1v) is 7.20. The Bertz CT molecular complexity index is 392. The number of hydrogen-bond donors (Lipinski definition) is 0. The van der Waals surface area contributed by atoms with Gasteiger partial charge in [0.25, 0.3) is 0 Å². The third kappa shape index (κ3) is 3.09. The molecule has 2 heteroatoms. The largest absolute Gasteiger partial charge is 0.207 e. The molecule has 0 N–H and O–H groups in total. The molecule has 0 heterocycles. The zero-order valence-corrected chi connectivity index (χ0v) is 11.1. The zero-order valence-electron chi connectivity index (χ0n) is 11.1. The Morgan fingerprint density at radius 2 is 1.78 bits per heavy atom. The fourth-order valence-electron chi connectivity index (χ4n) is 2.89. The molecule has 0 aliphatic heterocycles. The fourth-order valence-corrected chi connectivity index (χ4v) is 2.89. The second-order valence-electron chi connectivity index (χ2n) is 5.40. The van der Waals surface area contributed by atoms with Gasteiger partial charge >= 0.3 is 0 Å². The van der Waals surface area contributed by atoms with Gasteiger partial charge < -0.3 is 0 Å². The highest BCUT2D eigenvalue weighted by molar-refractivity contribution is 5.29. The normalized spacial score (nSPS) is 17.1. The second kappa shape index (κ2) is 6.31. The van der Waals surface area contributed by atoms with E-state index in [9.17, 15) is 8.78 Å². The molecule has 2 rings (SSSR count). The molecule has 0 saturated heterocycles. The van der Waals surface area contributed by atoms with Crippen molar-refractivity contribution in [2.24, 2.45) is 0 Å². The van der Waals surface area contributed by atoms with Gasteiger partial charge in [-0.05, 0) is 54.9 Å². The summed E-state index contributed by atoms with van der Waals surface area (Å²) in [5.41, 5.74) is 1.14. The topological polar surface area (TPSA) is 0 Å². The first-order valence-electron chi connectivity index (χ1n) is 7.20. The minimum absolute atomic E-state index is 0.200. The Balaban J connectivity index is 2.18. The molecular weight excluding hydrogens is 230 g/mol. The van der Waals surface area contributed by atoms with Crippen molar-refractivity contribution in [2.45, 2.75) is 64.2 Å². The fraction of sp³-hybridized carbons (Fsp3) is 0.625. The van der Waals surface area contributed by atoms with Crippen molar-refractivity contribution in [2.75, 3.05) is 0 Å². The monoisotopic (exact) mass is 252 g/mol. The first kappa shape index (κ1) is 13.5. The van der Waals surface area contributed by atoms with Gasteiger partial charge in [-0.3, -0.25) is 0 Å². The Labute approximate surface area is 108 Å². The molecule has 100 valence electrons. The molecule has 18 heavy (non-hydrogen) atoms. The van der Waals surface area contributed by atoms with Crippen molar-refractivity contribution in [3.63, 3.8) is 0 Å². The summed E-state index contributed by atoms with van der Waals surface area (Å²) in [6, 6.07) is 2.88. The summed E-state index contributed by atoms with van der Waals surface area (Å²) in [7, 11) is 0. The lowest BCUT2D eigenvalue weighted by molar-refractivity contribution is 0.426. The van der Waals surface area contributed by atoms with E-state index in [2.05, 4.69) is 6.92 Å². The molecule has 1 aromatic carbocycles. The summed E-state index contributed by atoms with van der Waals surface area (Å²) in [5, 5.41) is 0. The van der Waals surface area contributed by atoms with Crippen LogP contribution in [-0.4, -0.2) is 0 Å². The standard InChI is InChI=1S/C16H22F2/c1-2-3-7-13-10-16(18)14(11-15(13)17)12-8-5-4-6-9-12/h10-12H,2-9H2,1H3. The van der Waals surface area contributed by atoms with Gasteiger partial charge in [0.05, 0.1) is 0 Å². The van der Waals surface area contributed by atoms with E-state index in [-0.39, 0.29) is 17.6 Å². The third-order valence-corrected chi connectivity index (χ3v) is 4.01. The Kier molecular flexibility index (Phi) is 4.73. The van der Waals surface area contributed by atoms with Gasteiger partial charge in [0.1, 0.15) is 11.6 Å². The van der Waals surface area contributed by atoms with Crippen LogP contribution < -0.4 is 0 Å². The van der Waals surface area contributed by atoms with E-state index in [1.54, 1.807) is 0 Å². The highest BCUT2D eigenvalue weighted by atomic mass is 19.1. The average Bonchev–Trinajstić information content (AvgIpc) is 2.40. The van der Waals surface area contributed by atoms with Crippen LogP contribution in [-0.2, 0) is 6.42 Å². The van der Waals surface area contributed by atoms with E-state index >= 15 is 0 Å². The summed E-state index contributed by atoms with van der Waals surface area (Å²) in [5.74, 6) is -0.187. The van der Waals surface area contributed by atoms with Crippen LogP contribution in [0.3, 0.4) is 0 Å². The smallest absolute Gasteiger partial charge is 0.127 e. The van der Waals surface area contributed by atoms with Crippen LogP contribution in [0.4, 0.5) is 8.78 Å². The summed E-state index contributed by atoms with van der Waals surface area (Å²) in [4.78, 5) is 0. The quantitative estimate of drug-likeness (QED) is 0.677. The van der Waals surface area contributed by atoms with Crippen LogP contribution in [0.15, 0.2) is 12.1 Å². The predicted molar refractivity (Wildman–Crippen MR) is 70.8 cm³/mol. The molecule has 0 aromatic heterocycles. The lowest BCUT2D eigenvalue weighted by Gasteiger charge is -2.23. The van der Waals surface area contributed by atoms with E-state index < -0.39 is 0 Å². The predicted octanol–water partition coefficient (Wildman–Crippen LogP) is 5.36. The van der Waals surface area contributed by atoms with Crippen LogP contribution in [0.1, 0.15) is 68.9 Å². The van der Waals surface area contributed by atoms with Gasteiger partial charge in [0.15, 0.2) is 0 Å². The third-order valence-electron chi connectivity index (χ3n) is 4.01. The van der Waals surface area contributed by atoms with E-state index in [4.69, 9.17) is 0 Å². The molecule has 0 radical (unpaired) electrons. The molecule has 0 bridgehead atoms. The average molecular weight is 252 g/mol. The van der Waals surface area contributed by atoms with Crippen LogP contribution in [0, 0.1) is 11.6 Å². The van der Waals surface area contributed by atoms with Gasteiger partial charge in [0.2, 0.25) is 0 Å². The van der Waals surface area contributed by atoms with Crippen molar-refractivity contribution >= 4 is 0 Å². The molecule has 1 aliphatic rings. The molecule has 1 saturated carbocycles. The van der Waals surface area contributed by atoms with E-state index in [1.165, 1.54) is 18.6 Å². The number of hydrogen-bond acceptors (Lipinski definition) is 0. The molecule has 0 unspecified atom stereocenters. The lowest BCUT2D eigenvalue weighted by Crippen LogP contribution is -2.08. The van der Waals surface area contributed by atoms with Gasteiger partial charge in [-0.1, -0.05) is 32.6 Å². The molecular formula is C16H22F2. The highest BCUT2D eigenvalue weighted by Crippen LogP contribution is 2.35. The maximum absolute atomic E-state index is 14.1. The van der Waals surface area contributed by atoms with Gasteiger partial charge in [-0.25, -0.2) is 8.78 Å². The van der Waals surface area contributed by atoms with Gasteiger partial charge in [0, 0.05) is 0 Å². The van der Waals surface area contributed by atoms with Crippen LogP contribution in [0.25, 0.3) is 0 Å². The first-order chi connectivity index (χ1) is 8.72. The number of aryl methyl sites for hydroxylation is 1. The van der Waals surface area contributed by atoms with Crippen molar-refractivity contribution in [1.82, 2.24) is 0 Å². The summed E-state index contributed by atoms with van der Waals surface area (Å²) in [6.45, 7) is 2.06. The number of benzene rings is 1. The Hall–Kier alpha value is -0.920. The number of unbranched alkanes of at least 4 members (excludes halogenated alkanes) is 1. The molecule has 0 atom stereocenters. The summed E-state index contributed by atoms with van der Waals surface area (Å²) < 4.78 is 28.0. The lowest BCUT2D eigenvalue weighted by atomic mass is 9.83. The van der Waals surface area contributed by atoms with Crippen molar-refractivity contribution in [3.05, 3.63) is 34.9 Å². The number of halogens is 2. The molecule has 1 aromatic rings. The molecule has 1 aliphatic carbocycles. The van der Waals surface area contributed by atoms with Crippen LogP contribution in [0.5, 0.6) is 0 Å². The Morgan fingerprint density at radius 3 is 2.44 bits per heavy atom. The van der Waals surface area contributed by atoms with Gasteiger partial charge in [-0.15, -0.1) is 0 Å². The Morgan fingerprint density at radius 1 is 1.06 bits per heavy atom. The second-order valence-corrected chi connectivity index (χ2v) is 5.40. The van der Waals surface area contributed by atoms with Crippen LogP contribution >= 0.6 is 0 Å². The highest BCUT2D eigenvalue weighted by Gasteiger charge is 2.20. The van der Waals surface area contributed by atoms with Crippen LogP contribution in [0.2, 0.25) is 0 Å². The van der Waals surface area contributed by atoms with E-state index in [1.807, 2.05) is 0 Å². The van der Waals surface area contributed by atoms with Crippen molar-refractivity contribution in [3.8, 4) is 0 Å². The molecule has 0 spiro atoms. The van der Waals surface area contributed by atoms with Crippen molar-refractivity contribution < 1.29 is 8.78 Å². The molecule has 0 amide bonds. The summed E-state index contributed by atoms with van der Waals surface area (Å²) in [6.07, 6.45) is 8.09. The maximum atomic E-state index is 14.1. The SMILES string of the molecule is CCCCc1cc(F)c(C2CCCCC2)cc1F. The molecule has 0 nitrogen and oxygen atoms in total. The zero-order chi connectivity index (χ0) is 13.0.